The van der Waals surface area contributed by atoms with Crippen molar-refractivity contribution in [1.29, 1.82) is 0 Å². The third-order valence-electron chi connectivity index (χ3n) is 4.68. The van der Waals surface area contributed by atoms with Crippen LogP contribution in [0, 0.1) is 18.6 Å². The summed E-state index contributed by atoms with van der Waals surface area (Å²) in [5.41, 5.74) is 1.50. The zero-order valence-electron chi connectivity index (χ0n) is 15.2. The quantitative estimate of drug-likeness (QED) is 0.574. The molecule has 0 unspecified atom stereocenters. The van der Waals surface area contributed by atoms with E-state index in [1.54, 1.807) is 43.1 Å². The molecule has 7 heteroatoms. The first-order chi connectivity index (χ1) is 13.4. The van der Waals surface area contributed by atoms with Gasteiger partial charge in [0.05, 0.1) is 0 Å². The molecule has 0 radical (unpaired) electrons. The first-order valence-corrected chi connectivity index (χ1v) is 8.66. The Balaban J connectivity index is 1.74. The molecule has 0 aliphatic rings. The van der Waals surface area contributed by atoms with Gasteiger partial charge in [-0.2, -0.15) is 0 Å². The van der Waals surface area contributed by atoms with Crippen LogP contribution in [0.4, 0.5) is 8.78 Å². The fraction of sp³-hybridized carbons (Fsp3) is 0.143. The van der Waals surface area contributed by atoms with Gasteiger partial charge in [-0.05, 0) is 42.8 Å². The van der Waals surface area contributed by atoms with Gasteiger partial charge >= 0.3 is 0 Å². The van der Waals surface area contributed by atoms with E-state index in [-0.39, 0.29) is 5.76 Å². The number of aromatic nitrogens is 2. The van der Waals surface area contributed by atoms with E-state index in [1.807, 2.05) is 0 Å². The number of hydrogen-bond donors (Lipinski definition) is 1. The smallest absolute Gasteiger partial charge is 0.288 e. The zero-order valence-corrected chi connectivity index (χ0v) is 15.2. The molecule has 142 valence electrons. The van der Waals surface area contributed by atoms with E-state index >= 15 is 0 Å². The monoisotopic (exact) mass is 381 g/mol. The molecule has 0 spiro atoms. The van der Waals surface area contributed by atoms with Crippen LogP contribution < -0.4 is 5.32 Å². The summed E-state index contributed by atoms with van der Waals surface area (Å²) >= 11 is 0. The topological polar surface area (TPSA) is 60.1 Å². The molecular weight excluding hydrogens is 364 g/mol. The number of imidazole rings is 1. The van der Waals surface area contributed by atoms with Crippen LogP contribution in [0.3, 0.4) is 0 Å². The highest BCUT2D eigenvalue weighted by atomic mass is 19.1. The van der Waals surface area contributed by atoms with Gasteiger partial charge in [-0.15, -0.1) is 0 Å². The number of fused-ring (bicyclic) bond motifs is 1. The number of nitrogens with zero attached hydrogens (tertiary/aromatic N) is 2. The predicted molar refractivity (Wildman–Crippen MR) is 99.8 cm³/mol. The van der Waals surface area contributed by atoms with Crippen LogP contribution in [-0.2, 0) is 7.05 Å². The summed E-state index contributed by atoms with van der Waals surface area (Å²) < 4.78 is 34.7. The fourth-order valence-electron chi connectivity index (χ4n) is 3.24. The van der Waals surface area contributed by atoms with Gasteiger partial charge in [0.15, 0.2) is 5.76 Å². The average molecular weight is 381 g/mol. The summed E-state index contributed by atoms with van der Waals surface area (Å²) in [5.74, 6) is -0.698. The molecule has 0 saturated heterocycles. The molecule has 28 heavy (non-hydrogen) atoms. The molecule has 2 aromatic carbocycles. The van der Waals surface area contributed by atoms with Crippen molar-refractivity contribution in [2.45, 2.75) is 13.0 Å². The van der Waals surface area contributed by atoms with Crippen molar-refractivity contribution in [3.63, 3.8) is 0 Å². The highest BCUT2D eigenvalue weighted by molar-refractivity contribution is 5.99. The summed E-state index contributed by atoms with van der Waals surface area (Å²) in [5, 5.41) is 3.39. The number of aryl methyl sites for hydroxylation is 2. The van der Waals surface area contributed by atoms with Crippen LogP contribution in [0.25, 0.3) is 11.0 Å². The SMILES string of the molecule is Cc1c(C(=O)N[C@H](c2cccc(F)c2)c2nccn2C)oc2ccc(F)cc12. The molecule has 0 fully saturated rings. The number of furan rings is 1. The molecule has 1 amide bonds. The van der Waals surface area contributed by atoms with E-state index in [2.05, 4.69) is 10.3 Å². The largest absolute Gasteiger partial charge is 0.451 e. The van der Waals surface area contributed by atoms with Gasteiger partial charge in [0.1, 0.15) is 29.1 Å². The third-order valence-corrected chi connectivity index (χ3v) is 4.68. The average Bonchev–Trinajstić information content (AvgIpc) is 3.23. The molecule has 1 N–H and O–H groups in total. The van der Waals surface area contributed by atoms with Gasteiger partial charge in [-0.1, -0.05) is 12.1 Å². The third kappa shape index (κ3) is 3.15. The Morgan fingerprint density at radius 3 is 2.68 bits per heavy atom. The second-order valence-corrected chi connectivity index (χ2v) is 6.55. The maximum atomic E-state index is 13.8. The minimum Gasteiger partial charge on any atom is -0.451 e. The van der Waals surface area contributed by atoms with Crippen molar-refractivity contribution in [1.82, 2.24) is 14.9 Å². The Labute approximate surface area is 159 Å². The summed E-state index contributed by atoms with van der Waals surface area (Å²) in [6.45, 7) is 1.69. The predicted octanol–water partition coefficient (Wildman–Crippen LogP) is 4.27. The lowest BCUT2D eigenvalue weighted by molar-refractivity contribution is 0.0914. The molecule has 0 bridgehead atoms. The first kappa shape index (κ1) is 17.9. The van der Waals surface area contributed by atoms with E-state index in [9.17, 15) is 13.6 Å². The molecule has 0 aliphatic heterocycles. The summed E-state index contributed by atoms with van der Waals surface area (Å²) in [4.78, 5) is 17.3. The normalized spacial score (nSPS) is 12.3. The van der Waals surface area contributed by atoms with Crippen molar-refractivity contribution < 1.29 is 18.0 Å². The number of nitrogens with one attached hydrogen (secondary N) is 1. The van der Waals surface area contributed by atoms with Gasteiger partial charge in [0, 0.05) is 30.4 Å². The molecule has 0 aliphatic carbocycles. The van der Waals surface area contributed by atoms with E-state index < -0.39 is 23.6 Å². The Bertz CT molecular complexity index is 1180. The van der Waals surface area contributed by atoms with Crippen LogP contribution in [0.5, 0.6) is 0 Å². The van der Waals surface area contributed by atoms with Crippen molar-refractivity contribution in [3.8, 4) is 0 Å². The van der Waals surface area contributed by atoms with Gasteiger partial charge < -0.3 is 14.3 Å². The number of benzene rings is 2. The lowest BCUT2D eigenvalue weighted by Gasteiger charge is -2.19. The molecule has 2 heterocycles. The minimum absolute atomic E-state index is 0.0798. The molecule has 1 atom stereocenters. The maximum absolute atomic E-state index is 13.8. The van der Waals surface area contributed by atoms with Gasteiger partial charge in [0.25, 0.3) is 5.91 Å². The zero-order chi connectivity index (χ0) is 19.8. The highest BCUT2D eigenvalue weighted by Gasteiger charge is 2.25. The standard InChI is InChI=1S/C21H17F2N3O2/c1-12-16-11-15(23)6-7-17(16)28-19(12)21(27)25-18(20-24-8-9-26(20)2)13-4-3-5-14(22)10-13/h3-11,18H,1-2H3,(H,25,27)/t18-/m1/s1. The number of halogens is 2. The molecule has 0 saturated carbocycles. The van der Waals surface area contributed by atoms with Crippen molar-refractivity contribution in [2.24, 2.45) is 7.05 Å². The second kappa shape index (κ2) is 6.92. The van der Waals surface area contributed by atoms with Crippen molar-refractivity contribution in [3.05, 3.63) is 89.2 Å². The van der Waals surface area contributed by atoms with Crippen LogP contribution in [0.1, 0.15) is 33.5 Å². The van der Waals surface area contributed by atoms with Gasteiger partial charge in [-0.25, -0.2) is 13.8 Å². The van der Waals surface area contributed by atoms with Crippen LogP contribution in [-0.4, -0.2) is 15.5 Å². The molecule has 2 aromatic heterocycles. The van der Waals surface area contributed by atoms with E-state index in [1.165, 1.54) is 30.3 Å². The minimum atomic E-state index is -0.687. The summed E-state index contributed by atoms with van der Waals surface area (Å²) in [6, 6.07) is 9.36. The van der Waals surface area contributed by atoms with Gasteiger partial charge in [0.2, 0.25) is 0 Å². The van der Waals surface area contributed by atoms with Crippen LogP contribution in [0.2, 0.25) is 0 Å². The first-order valence-electron chi connectivity index (χ1n) is 8.66. The molecule has 4 aromatic rings. The number of carbonyl (C=O) groups excluding carboxylic acids is 1. The second-order valence-electron chi connectivity index (χ2n) is 6.55. The number of carbonyl (C=O) groups is 1. The molecule has 5 nitrogen and oxygen atoms in total. The molecule has 4 rings (SSSR count). The number of rotatable bonds is 4. The lowest BCUT2D eigenvalue weighted by Crippen LogP contribution is -2.31. The van der Waals surface area contributed by atoms with E-state index in [0.717, 1.165) is 0 Å². The number of amides is 1. The maximum Gasteiger partial charge on any atom is 0.288 e. The van der Waals surface area contributed by atoms with Crippen molar-refractivity contribution in [2.75, 3.05) is 0 Å². The van der Waals surface area contributed by atoms with Gasteiger partial charge in [-0.3, -0.25) is 4.79 Å². The highest BCUT2D eigenvalue weighted by Crippen LogP contribution is 2.28. The summed E-state index contributed by atoms with van der Waals surface area (Å²) in [7, 11) is 1.79. The van der Waals surface area contributed by atoms with Crippen molar-refractivity contribution >= 4 is 16.9 Å². The van der Waals surface area contributed by atoms with E-state index in [0.29, 0.717) is 27.9 Å². The molecular formula is C21H17F2N3O2. The van der Waals surface area contributed by atoms with Crippen LogP contribution in [0.15, 0.2) is 59.3 Å². The van der Waals surface area contributed by atoms with Crippen LogP contribution >= 0.6 is 0 Å². The Kier molecular flexibility index (Phi) is 4.43. The Morgan fingerprint density at radius 2 is 1.96 bits per heavy atom. The summed E-state index contributed by atoms with van der Waals surface area (Å²) in [6.07, 6.45) is 3.34. The van der Waals surface area contributed by atoms with E-state index in [4.69, 9.17) is 4.42 Å². The lowest BCUT2D eigenvalue weighted by atomic mass is 10.1. The Morgan fingerprint density at radius 1 is 1.18 bits per heavy atom. The Hall–Kier alpha value is -3.48. The fourth-order valence-corrected chi connectivity index (χ4v) is 3.24. The number of hydrogen-bond acceptors (Lipinski definition) is 3.